The van der Waals surface area contributed by atoms with Crippen molar-refractivity contribution in [1.82, 2.24) is 0 Å². The average Bonchev–Trinajstić information content (AvgIpc) is 2.26. The second kappa shape index (κ2) is 10.1. The van der Waals surface area contributed by atoms with Gasteiger partial charge in [-0.15, -0.1) is 6.58 Å². The van der Waals surface area contributed by atoms with Crippen molar-refractivity contribution in [2.75, 3.05) is 0 Å². The molecular weight excluding hydrogens is 204 g/mol. The zero-order valence-corrected chi connectivity index (χ0v) is 12.1. The van der Waals surface area contributed by atoms with Gasteiger partial charge in [0.15, 0.2) is 0 Å². The molecule has 0 nitrogen and oxygen atoms in total. The van der Waals surface area contributed by atoms with Gasteiger partial charge in [0.1, 0.15) is 0 Å². The predicted molar refractivity (Wildman–Crippen MR) is 80.2 cm³/mol. The van der Waals surface area contributed by atoms with Crippen LogP contribution in [0.2, 0.25) is 0 Å². The highest BCUT2D eigenvalue weighted by Gasteiger charge is 1.91. The maximum absolute atomic E-state index is 3.73. The molecular formula is C17H28. The van der Waals surface area contributed by atoms with Crippen LogP contribution < -0.4 is 0 Å². The fraction of sp³-hybridized carbons (Fsp3) is 0.529. The first-order chi connectivity index (χ1) is 8.06. The molecule has 0 heteroatoms. The summed E-state index contributed by atoms with van der Waals surface area (Å²) in [7, 11) is 0. The zero-order valence-electron chi connectivity index (χ0n) is 12.1. The first-order valence-electron chi connectivity index (χ1n) is 6.61. The molecule has 0 radical (unpaired) electrons. The van der Waals surface area contributed by atoms with Gasteiger partial charge in [0.2, 0.25) is 0 Å². The molecule has 0 spiro atoms. The van der Waals surface area contributed by atoms with Crippen LogP contribution in [0, 0.1) is 0 Å². The van der Waals surface area contributed by atoms with E-state index in [0.717, 1.165) is 19.3 Å². The molecule has 17 heavy (non-hydrogen) atoms. The first-order valence-corrected chi connectivity index (χ1v) is 6.61. The monoisotopic (exact) mass is 232 g/mol. The fourth-order valence-electron chi connectivity index (χ4n) is 1.56. The molecule has 0 N–H and O–H groups in total. The summed E-state index contributed by atoms with van der Waals surface area (Å²) in [5, 5.41) is 0. The quantitative estimate of drug-likeness (QED) is 0.356. The van der Waals surface area contributed by atoms with E-state index in [1.807, 2.05) is 6.08 Å². The van der Waals surface area contributed by atoms with E-state index in [2.05, 4.69) is 52.5 Å². The Bertz CT molecular complexity index is 296. The van der Waals surface area contributed by atoms with Crippen molar-refractivity contribution >= 4 is 0 Å². The second-order valence-electron chi connectivity index (χ2n) is 4.99. The number of allylic oxidation sites excluding steroid dienone is 7. The fourth-order valence-corrected chi connectivity index (χ4v) is 1.56. The van der Waals surface area contributed by atoms with Crippen LogP contribution >= 0.6 is 0 Å². The van der Waals surface area contributed by atoms with Gasteiger partial charge in [0.05, 0.1) is 0 Å². The number of hydrogen-bond acceptors (Lipinski definition) is 0. The van der Waals surface area contributed by atoms with E-state index in [1.165, 1.54) is 29.6 Å². The van der Waals surface area contributed by atoms with Crippen LogP contribution in [0.25, 0.3) is 0 Å². The smallest absolute Gasteiger partial charge is 0.0139 e. The van der Waals surface area contributed by atoms with E-state index in [9.17, 15) is 0 Å². The zero-order chi connectivity index (χ0) is 13.1. The van der Waals surface area contributed by atoms with Crippen molar-refractivity contribution < 1.29 is 0 Å². The lowest BCUT2D eigenvalue weighted by molar-refractivity contribution is 0.950. The molecule has 0 amide bonds. The molecule has 0 aromatic carbocycles. The maximum Gasteiger partial charge on any atom is -0.0139 e. The first kappa shape index (κ1) is 16.0. The predicted octanol–water partition coefficient (Wildman–Crippen LogP) is 5.98. The van der Waals surface area contributed by atoms with Crippen molar-refractivity contribution in [3.8, 4) is 0 Å². The van der Waals surface area contributed by atoms with Gasteiger partial charge in [-0.25, -0.2) is 0 Å². The van der Waals surface area contributed by atoms with E-state index in [-0.39, 0.29) is 0 Å². The lowest BCUT2D eigenvalue weighted by atomic mass is 10.1. The molecule has 0 saturated carbocycles. The minimum absolute atomic E-state index is 1.08. The molecule has 0 fully saturated rings. The SMILES string of the molecule is C=CCCC=C(C)CC=C(C)CCC=C(C)C. The molecule has 0 rings (SSSR count). The molecule has 0 aliphatic rings. The minimum Gasteiger partial charge on any atom is -0.103 e. The van der Waals surface area contributed by atoms with Gasteiger partial charge in [-0.2, -0.15) is 0 Å². The minimum atomic E-state index is 1.08. The Kier molecular flexibility index (Phi) is 9.52. The van der Waals surface area contributed by atoms with Crippen molar-refractivity contribution in [1.29, 1.82) is 0 Å². The van der Waals surface area contributed by atoms with Gasteiger partial charge in [-0.1, -0.05) is 41.0 Å². The summed E-state index contributed by atoms with van der Waals surface area (Å²) in [6.45, 7) is 12.5. The van der Waals surface area contributed by atoms with Crippen LogP contribution in [0.5, 0.6) is 0 Å². The summed E-state index contributed by atoms with van der Waals surface area (Å²) in [5.41, 5.74) is 4.38. The van der Waals surface area contributed by atoms with Crippen molar-refractivity contribution in [3.63, 3.8) is 0 Å². The van der Waals surface area contributed by atoms with E-state index in [1.54, 1.807) is 0 Å². The van der Waals surface area contributed by atoms with Gasteiger partial charge >= 0.3 is 0 Å². The van der Waals surface area contributed by atoms with Gasteiger partial charge in [0, 0.05) is 0 Å². The topological polar surface area (TPSA) is 0 Å². The Labute approximate surface area is 108 Å². The van der Waals surface area contributed by atoms with E-state index >= 15 is 0 Å². The molecule has 0 atom stereocenters. The Hall–Kier alpha value is -1.04. The van der Waals surface area contributed by atoms with Gasteiger partial charge in [0.25, 0.3) is 0 Å². The Morgan fingerprint density at radius 3 is 2.12 bits per heavy atom. The summed E-state index contributed by atoms with van der Waals surface area (Å²) in [6, 6.07) is 0. The highest BCUT2D eigenvalue weighted by atomic mass is 14.0. The van der Waals surface area contributed by atoms with Crippen LogP contribution in [0.15, 0.2) is 47.6 Å². The summed E-state index contributed by atoms with van der Waals surface area (Å²) in [5.74, 6) is 0. The summed E-state index contributed by atoms with van der Waals surface area (Å²) in [6.07, 6.45) is 14.6. The van der Waals surface area contributed by atoms with Crippen LogP contribution in [0.3, 0.4) is 0 Å². The van der Waals surface area contributed by atoms with E-state index in [0.29, 0.717) is 0 Å². The highest BCUT2D eigenvalue weighted by molar-refractivity contribution is 5.10. The molecule has 0 aliphatic carbocycles. The summed E-state index contributed by atoms with van der Waals surface area (Å²) in [4.78, 5) is 0. The van der Waals surface area contributed by atoms with Crippen molar-refractivity contribution in [2.45, 2.75) is 59.8 Å². The summed E-state index contributed by atoms with van der Waals surface area (Å²) < 4.78 is 0. The molecule has 0 saturated heterocycles. The lowest BCUT2D eigenvalue weighted by Gasteiger charge is -2.00. The standard InChI is InChI=1S/C17H28/c1-6-7-8-11-16(4)13-14-17(5)12-9-10-15(2)3/h6,10-11,14H,1,7-9,12-13H2,2-5H3. The second-order valence-corrected chi connectivity index (χ2v) is 4.99. The Morgan fingerprint density at radius 1 is 0.824 bits per heavy atom. The third-order valence-corrected chi connectivity index (χ3v) is 2.73. The van der Waals surface area contributed by atoms with Crippen LogP contribution in [0.4, 0.5) is 0 Å². The Balaban J connectivity index is 3.92. The molecule has 0 unspecified atom stereocenters. The molecule has 0 aromatic heterocycles. The highest BCUT2D eigenvalue weighted by Crippen LogP contribution is 2.11. The van der Waals surface area contributed by atoms with E-state index in [4.69, 9.17) is 0 Å². The average molecular weight is 232 g/mol. The van der Waals surface area contributed by atoms with Crippen LogP contribution in [-0.4, -0.2) is 0 Å². The lowest BCUT2D eigenvalue weighted by Crippen LogP contribution is -1.80. The molecule has 96 valence electrons. The van der Waals surface area contributed by atoms with Crippen LogP contribution in [-0.2, 0) is 0 Å². The molecule has 0 heterocycles. The summed E-state index contributed by atoms with van der Waals surface area (Å²) >= 11 is 0. The third kappa shape index (κ3) is 11.2. The van der Waals surface area contributed by atoms with Crippen LogP contribution in [0.1, 0.15) is 59.8 Å². The van der Waals surface area contributed by atoms with Gasteiger partial charge in [-0.3, -0.25) is 0 Å². The number of unbranched alkanes of at least 4 members (excludes halogenated alkanes) is 1. The number of hydrogen-bond donors (Lipinski definition) is 0. The largest absolute Gasteiger partial charge is 0.103 e. The number of rotatable bonds is 8. The van der Waals surface area contributed by atoms with E-state index < -0.39 is 0 Å². The van der Waals surface area contributed by atoms with Crippen molar-refractivity contribution in [3.05, 3.63) is 47.6 Å². The maximum atomic E-state index is 3.73. The normalized spacial score (nSPS) is 12.5. The Morgan fingerprint density at radius 2 is 1.53 bits per heavy atom. The van der Waals surface area contributed by atoms with Gasteiger partial charge in [-0.05, 0) is 59.8 Å². The molecule has 0 aromatic rings. The van der Waals surface area contributed by atoms with Gasteiger partial charge < -0.3 is 0 Å². The third-order valence-electron chi connectivity index (χ3n) is 2.73. The molecule has 0 aliphatic heterocycles. The molecule has 0 bridgehead atoms. The van der Waals surface area contributed by atoms with Crippen molar-refractivity contribution in [2.24, 2.45) is 0 Å².